The van der Waals surface area contributed by atoms with E-state index in [4.69, 9.17) is 31.5 Å². The number of carbonyl (C=O) groups is 2. The van der Waals surface area contributed by atoms with Gasteiger partial charge in [-0.05, 0) is 12.1 Å². The first-order valence-corrected chi connectivity index (χ1v) is 7.67. The molecule has 2 aliphatic heterocycles. The smallest absolute Gasteiger partial charge is 0.323 e. The van der Waals surface area contributed by atoms with E-state index in [0.29, 0.717) is 27.7 Å². The number of fused-ring (bicyclic) bond motifs is 1. The summed E-state index contributed by atoms with van der Waals surface area (Å²) in [6.45, 7) is -0.330. The van der Waals surface area contributed by atoms with Crippen LogP contribution in [0.5, 0.6) is 17.2 Å². The third kappa shape index (κ3) is 2.97. The average molecular weight is 353 g/mol. The van der Waals surface area contributed by atoms with Crippen LogP contribution < -0.4 is 14.2 Å². The van der Waals surface area contributed by atoms with Gasteiger partial charge in [0.2, 0.25) is 6.79 Å². The molecule has 120 valence electrons. The highest BCUT2D eigenvalue weighted by molar-refractivity contribution is 8.26. The quantitative estimate of drug-likeness (QED) is 0.647. The van der Waals surface area contributed by atoms with Gasteiger partial charge in [0.1, 0.15) is 16.6 Å². The van der Waals surface area contributed by atoms with Crippen LogP contribution in [0.1, 0.15) is 5.56 Å². The Kier molecular flexibility index (Phi) is 4.14. The summed E-state index contributed by atoms with van der Waals surface area (Å²) in [5.41, 5.74) is 0.618. The number of hydrogen-bond donors (Lipinski definition) is 1. The van der Waals surface area contributed by atoms with Gasteiger partial charge in [-0.15, -0.1) is 0 Å². The van der Waals surface area contributed by atoms with Gasteiger partial charge in [-0.1, -0.05) is 24.0 Å². The highest BCUT2D eigenvalue weighted by Gasteiger charge is 2.33. The van der Waals surface area contributed by atoms with Gasteiger partial charge in [-0.3, -0.25) is 14.5 Å². The number of benzene rings is 1. The molecule has 1 aromatic carbocycles. The normalized spacial score (nSPS) is 18.0. The molecule has 0 aromatic heterocycles. The summed E-state index contributed by atoms with van der Waals surface area (Å²) in [5.74, 6) is 0.0681. The lowest BCUT2D eigenvalue weighted by molar-refractivity contribution is -0.140. The van der Waals surface area contributed by atoms with Gasteiger partial charge in [0.05, 0.1) is 12.0 Å². The van der Waals surface area contributed by atoms with E-state index in [1.165, 1.54) is 7.11 Å². The van der Waals surface area contributed by atoms with E-state index >= 15 is 0 Å². The maximum absolute atomic E-state index is 12.3. The Morgan fingerprint density at radius 3 is 2.83 bits per heavy atom. The second kappa shape index (κ2) is 6.09. The zero-order valence-electron chi connectivity index (χ0n) is 11.9. The van der Waals surface area contributed by atoms with Crippen molar-refractivity contribution in [3.05, 3.63) is 22.6 Å². The van der Waals surface area contributed by atoms with Crippen molar-refractivity contribution in [2.45, 2.75) is 0 Å². The minimum Gasteiger partial charge on any atom is -0.496 e. The topological polar surface area (TPSA) is 85.3 Å². The largest absolute Gasteiger partial charge is 0.496 e. The second-order valence-electron chi connectivity index (χ2n) is 4.61. The molecular formula is C14H11NO6S2. The van der Waals surface area contributed by atoms with Crippen LogP contribution in [0.4, 0.5) is 0 Å². The number of thioether (sulfide) groups is 1. The van der Waals surface area contributed by atoms with Crippen LogP contribution in [0.25, 0.3) is 6.08 Å². The Hall–Kier alpha value is -2.26. The zero-order chi connectivity index (χ0) is 16.6. The van der Waals surface area contributed by atoms with Crippen LogP contribution in [-0.4, -0.2) is 46.7 Å². The SMILES string of the molecule is COc1cc2c(cc1/C=C1/SC(=S)N(CC(=O)O)C1=O)OCO2. The molecule has 0 unspecified atom stereocenters. The predicted octanol–water partition coefficient (Wildman–Crippen LogP) is 1.71. The lowest BCUT2D eigenvalue weighted by Crippen LogP contribution is -2.33. The fourth-order valence-corrected chi connectivity index (χ4v) is 3.39. The standard InChI is InChI=1S/C14H11NO6S2/c1-19-8-4-10-9(20-6-21-10)2-7(8)3-11-13(18)15(5-12(16)17)14(22)23-11/h2-4H,5-6H2,1H3,(H,16,17)/b11-3+. The first-order chi connectivity index (χ1) is 11.0. The van der Waals surface area contributed by atoms with Gasteiger partial charge >= 0.3 is 5.97 Å². The number of thiocarbonyl (C=S) groups is 1. The number of aliphatic carboxylic acids is 1. The summed E-state index contributed by atoms with van der Waals surface area (Å²) < 4.78 is 16.1. The number of amides is 1. The first-order valence-electron chi connectivity index (χ1n) is 6.44. The molecule has 0 saturated carbocycles. The molecule has 1 aromatic rings. The van der Waals surface area contributed by atoms with Gasteiger partial charge in [-0.25, -0.2) is 0 Å². The Morgan fingerprint density at radius 2 is 2.17 bits per heavy atom. The van der Waals surface area contributed by atoms with Crippen molar-refractivity contribution in [1.82, 2.24) is 4.90 Å². The molecule has 2 aliphatic rings. The van der Waals surface area contributed by atoms with Crippen molar-refractivity contribution in [2.24, 2.45) is 0 Å². The summed E-state index contributed by atoms with van der Waals surface area (Å²) in [5, 5.41) is 8.84. The Balaban J connectivity index is 1.94. The molecule has 0 atom stereocenters. The highest BCUT2D eigenvalue weighted by atomic mass is 32.2. The number of carboxylic acid groups (broad SMARTS) is 1. The number of carbonyl (C=O) groups excluding carboxylic acids is 1. The fraction of sp³-hybridized carbons (Fsp3) is 0.214. The Labute approximate surface area is 140 Å². The minimum atomic E-state index is -1.12. The van der Waals surface area contributed by atoms with Crippen LogP contribution in [0.2, 0.25) is 0 Å². The van der Waals surface area contributed by atoms with Gasteiger partial charge in [0, 0.05) is 11.6 Å². The van der Waals surface area contributed by atoms with Gasteiger partial charge < -0.3 is 19.3 Å². The maximum Gasteiger partial charge on any atom is 0.323 e. The number of ether oxygens (including phenoxy) is 3. The average Bonchev–Trinajstić information content (AvgIpc) is 3.06. The third-order valence-electron chi connectivity index (χ3n) is 3.18. The van der Waals surface area contributed by atoms with Crippen molar-refractivity contribution in [1.29, 1.82) is 0 Å². The number of hydrogen-bond acceptors (Lipinski definition) is 7. The highest BCUT2D eigenvalue weighted by Crippen LogP contribution is 2.40. The second-order valence-corrected chi connectivity index (χ2v) is 6.28. The Morgan fingerprint density at radius 1 is 1.48 bits per heavy atom. The van der Waals surface area contributed by atoms with Crippen LogP contribution in [0.15, 0.2) is 17.0 Å². The van der Waals surface area contributed by atoms with E-state index in [2.05, 4.69) is 0 Å². The molecule has 7 nitrogen and oxygen atoms in total. The lowest BCUT2D eigenvalue weighted by atomic mass is 10.1. The fourth-order valence-electron chi connectivity index (χ4n) is 2.14. The van der Waals surface area contributed by atoms with E-state index in [-0.39, 0.29) is 11.1 Å². The molecule has 0 bridgehead atoms. The van der Waals surface area contributed by atoms with E-state index in [9.17, 15) is 9.59 Å². The number of methoxy groups -OCH3 is 1. The van der Waals surface area contributed by atoms with Crippen molar-refractivity contribution in [3.8, 4) is 17.2 Å². The number of nitrogens with zero attached hydrogens (tertiary/aromatic N) is 1. The van der Waals surface area contributed by atoms with Crippen LogP contribution in [0, 0.1) is 0 Å². The maximum atomic E-state index is 12.3. The van der Waals surface area contributed by atoms with E-state index in [0.717, 1.165) is 16.7 Å². The van der Waals surface area contributed by atoms with Crippen molar-refractivity contribution in [2.75, 3.05) is 20.4 Å². The van der Waals surface area contributed by atoms with Gasteiger partial charge in [0.25, 0.3) is 5.91 Å². The lowest BCUT2D eigenvalue weighted by Gasteiger charge is -2.10. The molecule has 1 saturated heterocycles. The van der Waals surface area contributed by atoms with Crippen molar-refractivity contribution < 1.29 is 28.9 Å². The van der Waals surface area contributed by atoms with Crippen LogP contribution in [-0.2, 0) is 9.59 Å². The monoisotopic (exact) mass is 353 g/mol. The zero-order valence-corrected chi connectivity index (χ0v) is 13.5. The summed E-state index contributed by atoms with van der Waals surface area (Å²) in [6, 6.07) is 3.37. The molecule has 0 aliphatic carbocycles. The van der Waals surface area contributed by atoms with Crippen LogP contribution >= 0.6 is 24.0 Å². The molecule has 0 spiro atoms. The summed E-state index contributed by atoms with van der Waals surface area (Å²) in [7, 11) is 1.50. The van der Waals surface area contributed by atoms with E-state index < -0.39 is 18.4 Å². The predicted molar refractivity (Wildman–Crippen MR) is 86.6 cm³/mol. The number of rotatable bonds is 4. The van der Waals surface area contributed by atoms with Gasteiger partial charge in [-0.2, -0.15) is 0 Å². The van der Waals surface area contributed by atoms with E-state index in [1.807, 2.05) is 0 Å². The summed E-state index contributed by atoms with van der Waals surface area (Å²) >= 11 is 6.11. The molecule has 1 amide bonds. The van der Waals surface area contributed by atoms with Crippen molar-refractivity contribution in [3.63, 3.8) is 0 Å². The first kappa shape index (κ1) is 15.6. The molecule has 1 fully saturated rings. The third-order valence-corrected chi connectivity index (χ3v) is 4.56. The van der Waals surface area contributed by atoms with E-state index in [1.54, 1.807) is 18.2 Å². The molecule has 23 heavy (non-hydrogen) atoms. The summed E-state index contributed by atoms with van der Waals surface area (Å²) in [6.07, 6.45) is 1.60. The molecule has 9 heteroatoms. The molecule has 1 N–H and O–H groups in total. The summed E-state index contributed by atoms with van der Waals surface area (Å²) in [4.78, 5) is 24.5. The van der Waals surface area contributed by atoms with Crippen molar-refractivity contribution >= 4 is 46.3 Å². The minimum absolute atomic E-state index is 0.128. The van der Waals surface area contributed by atoms with Crippen LogP contribution in [0.3, 0.4) is 0 Å². The molecular weight excluding hydrogens is 342 g/mol. The van der Waals surface area contributed by atoms with Gasteiger partial charge in [0.15, 0.2) is 11.5 Å². The molecule has 2 heterocycles. The molecule has 0 radical (unpaired) electrons. The Bertz CT molecular complexity index is 745. The number of carboxylic acids is 1. The molecule has 3 rings (SSSR count).